The van der Waals surface area contributed by atoms with E-state index in [0.29, 0.717) is 18.7 Å². The summed E-state index contributed by atoms with van der Waals surface area (Å²) >= 11 is 0. The van der Waals surface area contributed by atoms with E-state index in [4.69, 9.17) is 4.74 Å². The monoisotopic (exact) mass is 478 g/mol. The molecule has 176 valence electrons. The van der Waals surface area contributed by atoms with Crippen molar-refractivity contribution < 1.29 is 35.9 Å². The SMILES string of the molecule is O=C(Nc1ccccc1C1=NCCO1)c1c(C(F)(F)F)cc(-c2ccccc2)cc1C(F)(F)F. The Labute approximate surface area is 189 Å². The van der Waals surface area contributed by atoms with Gasteiger partial charge in [-0.25, -0.2) is 4.99 Å². The fraction of sp³-hybridized carbons (Fsp3) is 0.167. The van der Waals surface area contributed by atoms with E-state index in [1.807, 2.05) is 0 Å². The highest BCUT2D eigenvalue weighted by Gasteiger charge is 2.43. The van der Waals surface area contributed by atoms with Gasteiger partial charge in [0.25, 0.3) is 5.91 Å². The number of benzene rings is 3. The van der Waals surface area contributed by atoms with Gasteiger partial charge in [0.1, 0.15) is 6.61 Å². The number of para-hydroxylation sites is 1. The van der Waals surface area contributed by atoms with Crippen LogP contribution in [0.1, 0.15) is 27.0 Å². The molecule has 3 aromatic rings. The molecule has 4 nitrogen and oxygen atoms in total. The molecule has 0 bridgehead atoms. The largest absolute Gasteiger partial charge is 0.475 e. The molecule has 10 heteroatoms. The van der Waals surface area contributed by atoms with Gasteiger partial charge in [0.05, 0.1) is 34.5 Å². The Kier molecular flexibility index (Phi) is 6.07. The minimum Gasteiger partial charge on any atom is -0.475 e. The fourth-order valence-corrected chi connectivity index (χ4v) is 3.59. The molecule has 0 aromatic heterocycles. The fourth-order valence-electron chi connectivity index (χ4n) is 3.59. The van der Waals surface area contributed by atoms with Crippen LogP contribution in [0.5, 0.6) is 0 Å². The number of carbonyl (C=O) groups excluding carboxylic acids is 1. The summed E-state index contributed by atoms with van der Waals surface area (Å²) in [5.74, 6) is -1.41. The van der Waals surface area contributed by atoms with Crippen molar-refractivity contribution in [3.8, 4) is 11.1 Å². The van der Waals surface area contributed by atoms with E-state index in [2.05, 4.69) is 10.3 Å². The smallest absolute Gasteiger partial charge is 0.417 e. The zero-order valence-electron chi connectivity index (χ0n) is 17.3. The van der Waals surface area contributed by atoms with Gasteiger partial charge in [-0.2, -0.15) is 26.3 Å². The van der Waals surface area contributed by atoms with Gasteiger partial charge in [-0.15, -0.1) is 0 Å². The summed E-state index contributed by atoms with van der Waals surface area (Å²) in [4.78, 5) is 17.1. The maximum atomic E-state index is 13.9. The number of hydrogen-bond acceptors (Lipinski definition) is 3. The molecule has 0 saturated heterocycles. The summed E-state index contributed by atoms with van der Waals surface area (Å²) in [7, 11) is 0. The number of amides is 1. The summed E-state index contributed by atoms with van der Waals surface area (Å²) in [5.41, 5.74) is -4.84. The molecule has 0 radical (unpaired) electrons. The van der Waals surface area contributed by atoms with E-state index in [-0.39, 0.29) is 34.9 Å². The van der Waals surface area contributed by atoms with Gasteiger partial charge in [-0.3, -0.25) is 4.79 Å². The van der Waals surface area contributed by atoms with Gasteiger partial charge in [0.15, 0.2) is 0 Å². The normalized spacial score (nSPS) is 13.9. The molecule has 3 aromatic carbocycles. The Morgan fingerprint density at radius 2 is 1.41 bits per heavy atom. The maximum absolute atomic E-state index is 13.9. The second kappa shape index (κ2) is 8.85. The lowest BCUT2D eigenvalue weighted by Crippen LogP contribution is -2.25. The Hall–Kier alpha value is -3.82. The van der Waals surface area contributed by atoms with Crippen molar-refractivity contribution in [3.05, 3.63) is 89.0 Å². The lowest BCUT2D eigenvalue weighted by molar-refractivity contribution is -0.143. The Bertz CT molecular complexity index is 1220. The molecular formula is C24H16F6N2O2. The second-order valence-electron chi connectivity index (χ2n) is 7.34. The van der Waals surface area contributed by atoms with Crippen molar-refractivity contribution >= 4 is 17.5 Å². The molecule has 1 heterocycles. The lowest BCUT2D eigenvalue weighted by Gasteiger charge is -2.21. The number of hydrogen-bond donors (Lipinski definition) is 1. The predicted octanol–water partition coefficient (Wildman–Crippen LogP) is 6.42. The number of nitrogens with one attached hydrogen (secondary N) is 1. The van der Waals surface area contributed by atoms with E-state index in [1.165, 1.54) is 42.5 Å². The molecule has 34 heavy (non-hydrogen) atoms. The molecule has 0 saturated carbocycles. The average molecular weight is 478 g/mol. The van der Waals surface area contributed by atoms with Crippen molar-refractivity contribution in [2.24, 2.45) is 4.99 Å². The Morgan fingerprint density at radius 1 is 0.824 bits per heavy atom. The molecule has 0 unspecified atom stereocenters. The zero-order valence-corrected chi connectivity index (χ0v) is 17.3. The molecule has 1 aliphatic heterocycles. The number of carbonyl (C=O) groups is 1. The van der Waals surface area contributed by atoms with E-state index in [9.17, 15) is 31.1 Å². The molecule has 1 aliphatic rings. The molecule has 4 rings (SSSR count). The molecule has 0 fully saturated rings. The van der Waals surface area contributed by atoms with E-state index in [0.717, 1.165) is 0 Å². The van der Waals surface area contributed by atoms with Crippen LogP contribution in [0.2, 0.25) is 0 Å². The molecule has 0 atom stereocenters. The first kappa shape index (κ1) is 23.3. The number of halogens is 6. The minimum atomic E-state index is -5.23. The molecule has 1 N–H and O–H groups in total. The third kappa shape index (κ3) is 4.75. The van der Waals surface area contributed by atoms with Crippen LogP contribution in [0.4, 0.5) is 32.0 Å². The number of alkyl halides is 6. The quantitative estimate of drug-likeness (QED) is 0.440. The van der Waals surface area contributed by atoms with Crippen molar-refractivity contribution in [3.63, 3.8) is 0 Å². The number of aliphatic imine (C=N–C) groups is 1. The van der Waals surface area contributed by atoms with Crippen LogP contribution >= 0.6 is 0 Å². The predicted molar refractivity (Wildman–Crippen MR) is 114 cm³/mol. The highest BCUT2D eigenvalue weighted by Crippen LogP contribution is 2.42. The molecule has 1 amide bonds. The third-order valence-corrected chi connectivity index (χ3v) is 5.07. The first-order chi connectivity index (χ1) is 16.1. The van der Waals surface area contributed by atoms with Gasteiger partial charge in [0, 0.05) is 0 Å². The molecule has 0 spiro atoms. The van der Waals surface area contributed by atoms with E-state index in [1.54, 1.807) is 12.1 Å². The average Bonchev–Trinajstić information content (AvgIpc) is 3.33. The number of anilines is 1. The van der Waals surface area contributed by atoms with Crippen LogP contribution in [-0.4, -0.2) is 25.0 Å². The van der Waals surface area contributed by atoms with E-state index >= 15 is 0 Å². The molecule has 0 aliphatic carbocycles. The van der Waals surface area contributed by atoms with Gasteiger partial charge in [0.2, 0.25) is 5.90 Å². The maximum Gasteiger partial charge on any atom is 0.417 e. The lowest BCUT2D eigenvalue weighted by atomic mass is 9.92. The summed E-state index contributed by atoms with van der Waals surface area (Å²) in [5, 5.41) is 2.19. The van der Waals surface area contributed by atoms with E-state index < -0.39 is 35.0 Å². The Balaban J connectivity index is 1.86. The first-order valence-corrected chi connectivity index (χ1v) is 10.0. The summed E-state index contributed by atoms with van der Waals surface area (Å²) in [6, 6.07) is 14.3. The van der Waals surface area contributed by atoms with Gasteiger partial charge in [-0.1, -0.05) is 42.5 Å². The van der Waals surface area contributed by atoms with Crippen LogP contribution in [0.15, 0.2) is 71.7 Å². The second-order valence-corrected chi connectivity index (χ2v) is 7.34. The molecular weight excluding hydrogens is 462 g/mol. The highest BCUT2D eigenvalue weighted by molar-refractivity contribution is 6.11. The van der Waals surface area contributed by atoms with Gasteiger partial charge < -0.3 is 10.1 Å². The summed E-state index contributed by atoms with van der Waals surface area (Å²) < 4.78 is 89.0. The van der Waals surface area contributed by atoms with Gasteiger partial charge >= 0.3 is 12.4 Å². The van der Waals surface area contributed by atoms with Crippen LogP contribution in [0, 0.1) is 0 Å². The third-order valence-electron chi connectivity index (χ3n) is 5.07. The van der Waals surface area contributed by atoms with Crippen molar-refractivity contribution in [1.29, 1.82) is 0 Å². The Morgan fingerprint density at radius 3 is 1.97 bits per heavy atom. The number of ether oxygens (including phenoxy) is 1. The van der Waals surface area contributed by atoms with Crippen LogP contribution in [0.25, 0.3) is 11.1 Å². The topological polar surface area (TPSA) is 50.7 Å². The van der Waals surface area contributed by atoms with Crippen LogP contribution in [0.3, 0.4) is 0 Å². The first-order valence-electron chi connectivity index (χ1n) is 10.0. The number of nitrogens with zero attached hydrogens (tertiary/aromatic N) is 1. The highest BCUT2D eigenvalue weighted by atomic mass is 19.4. The van der Waals surface area contributed by atoms with Crippen LogP contribution in [-0.2, 0) is 17.1 Å². The summed E-state index contributed by atoms with van der Waals surface area (Å²) in [6.45, 7) is 0.615. The van der Waals surface area contributed by atoms with Crippen molar-refractivity contribution in [1.82, 2.24) is 0 Å². The zero-order chi connectivity index (χ0) is 24.5. The standard InChI is InChI=1S/C24H16F6N2O2/c25-23(26,27)17-12-15(14-6-2-1-3-7-14)13-18(24(28,29)30)20(17)21(33)32-19-9-5-4-8-16(19)22-31-10-11-34-22/h1-9,12-13H,10-11H2,(H,32,33). The summed E-state index contributed by atoms with van der Waals surface area (Å²) in [6.07, 6.45) is -10.5. The van der Waals surface area contributed by atoms with Crippen molar-refractivity contribution in [2.45, 2.75) is 12.4 Å². The van der Waals surface area contributed by atoms with Crippen LogP contribution < -0.4 is 5.32 Å². The minimum absolute atomic E-state index is 0.0264. The van der Waals surface area contributed by atoms with Crippen molar-refractivity contribution in [2.75, 3.05) is 18.5 Å². The van der Waals surface area contributed by atoms with Gasteiger partial charge in [-0.05, 0) is 35.4 Å². The number of rotatable bonds is 4.